The first kappa shape index (κ1) is 17.1. The van der Waals surface area contributed by atoms with Gasteiger partial charge < -0.3 is 14.8 Å². The van der Waals surface area contributed by atoms with E-state index in [1.54, 1.807) is 6.92 Å². The highest BCUT2D eigenvalue weighted by molar-refractivity contribution is 7.17. The smallest absolute Gasteiger partial charge is 0.124 e. The fraction of sp³-hybridized carbons (Fsp3) is 0.222. The topological polar surface area (TPSA) is 57.5 Å². The number of carboxylic acids is 1. The predicted octanol–water partition coefficient (Wildman–Crippen LogP) is 1.24. The normalized spacial score (nSPS) is 10.7. The molecule has 0 spiro atoms. The van der Waals surface area contributed by atoms with E-state index in [0.29, 0.717) is 10.7 Å². The molecule has 0 saturated heterocycles. The van der Waals surface area contributed by atoms with Crippen LogP contribution in [0.1, 0.15) is 20.9 Å². The van der Waals surface area contributed by atoms with E-state index < -0.39 is 5.97 Å². The van der Waals surface area contributed by atoms with E-state index in [2.05, 4.69) is 30.3 Å². The largest absolute Gasteiger partial charge is 0.544 e. The third-order valence-electron chi connectivity index (χ3n) is 3.48. The maximum Gasteiger partial charge on any atom is 0.124 e. The second kappa shape index (κ2) is 7.85. The molecule has 0 amide bonds. The summed E-state index contributed by atoms with van der Waals surface area (Å²) in [6.07, 6.45) is 3.80. The van der Waals surface area contributed by atoms with Gasteiger partial charge in [0.05, 0.1) is 29.6 Å². The fourth-order valence-electron chi connectivity index (χ4n) is 2.45. The zero-order chi connectivity index (χ0) is 16.8. The molecule has 0 unspecified atom stereocenters. The number of carbonyl (C=O) groups is 1. The molecule has 1 heterocycles. The first-order chi connectivity index (χ1) is 11.0. The highest BCUT2D eigenvalue weighted by Gasteiger charge is 2.12. The summed E-state index contributed by atoms with van der Waals surface area (Å²) in [5.74, 6) is -1.17. The van der Waals surface area contributed by atoms with Crippen LogP contribution in [0.5, 0.6) is 0 Å². The van der Waals surface area contributed by atoms with Gasteiger partial charge in [-0.15, -0.1) is 11.3 Å². The molecule has 0 fully saturated rings. The Morgan fingerprint density at radius 2 is 2.04 bits per heavy atom. The molecule has 0 radical (unpaired) electrons. The summed E-state index contributed by atoms with van der Waals surface area (Å²) >= 11 is 1.16. The number of nitrogens with one attached hydrogen (secondary N) is 1. The number of benzene rings is 1. The number of aromatic carboxylic acids is 1. The summed E-state index contributed by atoms with van der Waals surface area (Å²) in [5, 5.41) is 11.8. The lowest BCUT2D eigenvalue weighted by molar-refractivity contribution is -0.902. The van der Waals surface area contributed by atoms with Gasteiger partial charge in [-0.05, 0) is 25.1 Å². The van der Waals surface area contributed by atoms with Gasteiger partial charge in [-0.3, -0.25) is 0 Å². The number of nitrogens with zero attached hydrogens (tertiary/aromatic N) is 1. The number of aromatic nitrogens is 1. The lowest BCUT2D eigenvalue weighted by atomic mass is 10.1. The molecule has 0 aliphatic rings. The molecule has 0 aliphatic heterocycles. The molecule has 1 aromatic heterocycles. The zero-order valence-corrected chi connectivity index (χ0v) is 14.0. The van der Waals surface area contributed by atoms with Crippen molar-refractivity contribution >= 4 is 17.3 Å². The molecular formula is C18H20N2O2S. The average Bonchev–Trinajstić information content (AvgIpc) is 2.90. The predicted molar refractivity (Wildman–Crippen MR) is 91.4 cm³/mol. The van der Waals surface area contributed by atoms with Crippen molar-refractivity contribution in [3.05, 3.63) is 65.7 Å². The Morgan fingerprint density at radius 1 is 1.35 bits per heavy atom. The van der Waals surface area contributed by atoms with Crippen molar-refractivity contribution in [2.24, 2.45) is 0 Å². The van der Waals surface area contributed by atoms with Gasteiger partial charge in [-0.25, -0.2) is 4.98 Å². The molecule has 0 bridgehead atoms. The lowest BCUT2D eigenvalue weighted by Gasteiger charge is -2.16. The van der Waals surface area contributed by atoms with Gasteiger partial charge >= 0.3 is 0 Å². The molecule has 5 heteroatoms. The van der Waals surface area contributed by atoms with Crippen LogP contribution < -0.4 is 10.0 Å². The summed E-state index contributed by atoms with van der Waals surface area (Å²) in [4.78, 5) is 16.9. The molecular weight excluding hydrogens is 308 g/mol. The molecule has 1 N–H and O–H groups in total. The van der Waals surface area contributed by atoms with Crippen LogP contribution in [-0.2, 0) is 6.54 Å². The third kappa shape index (κ3) is 4.37. The highest BCUT2D eigenvalue weighted by Crippen LogP contribution is 2.28. The number of thiazole rings is 1. The van der Waals surface area contributed by atoms with Crippen LogP contribution >= 0.6 is 11.3 Å². The third-order valence-corrected chi connectivity index (χ3v) is 4.66. The van der Waals surface area contributed by atoms with E-state index in [1.807, 2.05) is 24.3 Å². The van der Waals surface area contributed by atoms with Crippen molar-refractivity contribution in [3.63, 3.8) is 0 Å². The number of quaternary nitrogens is 1. The molecule has 2 aromatic rings. The monoisotopic (exact) mass is 328 g/mol. The van der Waals surface area contributed by atoms with Crippen LogP contribution in [0.3, 0.4) is 0 Å². The van der Waals surface area contributed by atoms with E-state index in [0.717, 1.165) is 36.5 Å². The van der Waals surface area contributed by atoms with E-state index in [1.165, 1.54) is 10.5 Å². The zero-order valence-electron chi connectivity index (χ0n) is 13.2. The Bertz CT molecular complexity index is 712. The number of rotatable bonds is 8. The van der Waals surface area contributed by atoms with Crippen molar-refractivity contribution in [3.8, 4) is 10.6 Å². The molecule has 23 heavy (non-hydrogen) atoms. The van der Waals surface area contributed by atoms with Gasteiger partial charge in [-0.2, -0.15) is 0 Å². The Hall–Kier alpha value is -2.24. The van der Waals surface area contributed by atoms with Gasteiger partial charge in [-0.1, -0.05) is 31.4 Å². The van der Waals surface area contributed by atoms with Crippen molar-refractivity contribution < 1.29 is 14.8 Å². The maximum absolute atomic E-state index is 11.1. The molecule has 0 atom stereocenters. The van der Waals surface area contributed by atoms with Crippen molar-refractivity contribution in [2.75, 3.05) is 13.1 Å². The van der Waals surface area contributed by atoms with Gasteiger partial charge in [0.1, 0.15) is 11.6 Å². The van der Waals surface area contributed by atoms with Crippen molar-refractivity contribution in [1.29, 1.82) is 0 Å². The molecule has 2 rings (SSSR count). The van der Waals surface area contributed by atoms with Gasteiger partial charge in [0.2, 0.25) is 0 Å². The molecule has 1 aromatic carbocycles. The Kier molecular flexibility index (Phi) is 5.84. The molecule has 120 valence electrons. The average molecular weight is 328 g/mol. The van der Waals surface area contributed by atoms with Gasteiger partial charge in [0, 0.05) is 11.1 Å². The standard InChI is InChI=1S/C18H20N2O2S/c1-4-9-20(10-5-2)12-14-7-6-8-15(11-14)17-19-13(3)16(23-17)18(21)22/h4-8,11H,1-2,9-10,12H2,3H3,(H,21,22). The summed E-state index contributed by atoms with van der Waals surface area (Å²) in [6, 6.07) is 8.04. The number of carboxylic acid groups (broad SMARTS) is 1. The first-order valence-corrected chi connectivity index (χ1v) is 8.20. The minimum Gasteiger partial charge on any atom is -0.544 e. The molecule has 4 nitrogen and oxygen atoms in total. The van der Waals surface area contributed by atoms with Crippen LogP contribution in [0.15, 0.2) is 49.6 Å². The minimum absolute atomic E-state index is 0.191. The fourth-order valence-corrected chi connectivity index (χ4v) is 3.35. The van der Waals surface area contributed by atoms with E-state index in [9.17, 15) is 9.90 Å². The Morgan fingerprint density at radius 3 is 2.61 bits per heavy atom. The van der Waals surface area contributed by atoms with Crippen LogP contribution in [0.2, 0.25) is 0 Å². The van der Waals surface area contributed by atoms with Crippen LogP contribution in [0.25, 0.3) is 10.6 Å². The van der Waals surface area contributed by atoms with Crippen LogP contribution in [-0.4, -0.2) is 24.0 Å². The summed E-state index contributed by atoms with van der Waals surface area (Å²) < 4.78 is 0. The van der Waals surface area contributed by atoms with E-state index >= 15 is 0 Å². The lowest BCUT2D eigenvalue weighted by Crippen LogP contribution is -3.10. The summed E-state index contributed by atoms with van der Waals surface area (Å²) in [7, 11) is 0. The Labute approximate surface area is 140 Å². The first-order valence-electron chi connectivity index (χ1n) is 7.38. The maximum atomic E-state index is 11.1. The number of hydrogen-bond acceptors (Lipinski definition) is 4. The molecule has 0 saturated carbocycles. The second-order valence-corrected chi connectivity index (χ2v) is 6.33. The van der Waals surface area contributed by atoms with Crippen LogP contribution in [0.4, 0.5) is 0 Å². The number of hydrogen-bond donors (Lipinski definition) is 1. The van der Waals surface area contributed by atoms with Crippen molar-refractivity contribution in [2.45, 2.75) is 13.5 Å². The van der Waals surface area contributed by atoms with Crippen LogP contribution in [0, 0.1) is 6.92 Å². The summed E-state index contributed by atoms with van der Waals surface area (Å²) in [5.41, 5.74) is 2.60. The Balaban J connectivity index is 2.25. The van der Waals surface area contributed by atoms with E-state index in [-0.39, 0.29) is 4.88 Å². The number of carbonyl (C=O) groups excluding carboxylic acids is 1. The number of aryl methyl sites for hydroxylation is 1. The minimum atomic E-state index is -1.17. The quantitative estimate of drug-likeness (QED) is 0.742. The SMILES string of the molecule is C=CC[NH+](CC=C)Cc1cccc(-c2nc(C)c(C(=O)[O-])s2)c1. The summed E-state index contributed by atoms with van der Waals surface area (Å²) in [6.45, 7) is 11.9. The van der Waals surface area contributed by atoms with E-state index in [4.69, 9.17) is 0 Å². The van der Waals surface area contributed by atoms with Gasteiger partial charge in [0.15, 0.2) is 0 Å². The van der Waals surface area contributed by atoms with Gasteiger partial charge in [0.25, 0.3) is 0 Å². The van der Waals surface area contributed by atoms with Crippen molar-refractivity contribution in [1.82, 2.24) is 4.98 Å². The highest BCUT2D eigenvalue weighted by atomic mass is 32.1. The second-order valence-electron chi connectivity index (χ2n) is 5.33. The molecule has 0 aliphatic carbocycles.